The second kappa shape index (κ2) is 1.87. The van der Waals surface area contributed by atoms with Crippen LogP contribution >= 0.6 is 0 Å². The molecule has 0 saturated heterocycles. The SMILES string of the molecule is CC1=CC(=O)N(C)C2=CCN12. The van der Waals surface area contributed by atoms with Crippen molar-refractivity contribution < 1.29 is 4.79 Å². The Labute approximate surface area is 65.6 Å². The van der Waals surface area contributed by atoms with Crippen molar-refractivity contribution in [2.24, 2.45) is 0 Å². The molecule has 0 N–H and O–H groups in total. The van der Waals surface area contributed by atoms with Crippen LogP contribution in [-0.4, -0.2) is 29.3 Å². The fourth-order valence-corrected chi connectivity index (χ4v) is 1.37. The maximum Gasteiger partial charge on any atom is 0.253 e. The van der Waals surface area contributed by atoms with Crippen molar-refractivity contribution in [1.29, 1.82) is 0 Å². The van der Waals surface area contributed by atoms with Gasteiger partial charge in [0, 0.05) is 25.4 Å². The van der Waals surface area contributed by atoms with E-state index in [1.165, 1.54) is 0 Å². The van der Waals surface area contributed by atoms with Gasteiger partial charge in [0.25, 0.3) is 5.91 Å². The van der Waals surface area contributed by atoms with E-state index in [2.05, 4.69) is 11.0 Å². The number of carbonyl (C=O) groups is 1. The minimum Gasteiger partial charge on any atom is -0.328 e. The van der Waals surface area contributed by atoms with Crippen LogP contribution in [0, 0.1) is 0 Å². The summed E-state index contributed by atoms with van der Waals surface area (Å²) >= 11 is 0. The zero-order valence-electron chi connectivity index (χ0n) is 6.66. The highest BCUT2D eigenvalue weighted by atomic mass is 16.2. The molecule has 0 atom stereocenters. The topological polar surface area (TPSA) is 23.6 Å². The molecule has 0 aromatic rings. The Morgan fingerprint density at radius 2 is 2.27 bits per heavy atom. The molecule has 3 nitrogen and oxygen atoms in total. The second-order valence-electron chi connectivity index (χ2n) is 2.86. The molecule has 0 bridgehead atoms. The van der Waals surface area contributed by atoms with Gasteiger partial charge in [0.15, 0.2) is 0 Å². The van der Waals surface area contributed by atoms with E-state index in [4.69, 9.17) is 0 Å². The maximum atomic E-state index is 11.2. The summed E-state index contributed by atoms with van der Waals surface area (Å²) in [5.74, 6) is 1.10. The van der Waals surface area contributed by atoms with E-state index in [1.54, 1.807) is 18.0 Å². The monoisotopic (exact) mass is 150 g/mol. The zero-order chi connectivity index (χ0) is 8.01. The van der Waals surface area contributed by atoms with Crippen molar-refractivity contribution in [3.8, 4) is 0 Å². The van der Waals surface area contributed by atoms with Crippen LogP contribution in [0.25, 0.3) is 0 Å². The van der Waals surface area contributed by atoms with Crippen molar-refractivity contribution in [2.75, 3.05) is 13.6 Å². The lowest BCUT2D eigenvalue weighted by molar-refractivity contribution is -0.125. The summed E-state index contributed by atoms with van der Waals surface area (Å²) in [4.78, 5) is 15.0. The van der Waals surface area contributed by atoms with Gasteiger partial charge in [-0.1, -0.05) is 0 Å². The number of hydrogen-bond donors (Lipinski definition) is 0. The summed E-state index contributed by atoms with van der Waals surface area (Å²) in [5.41, 5.74) is 1.05. The number of carbonyl (C=O) groups excluding carboxylic acids is 1. The number of fused-ring (bicyclic) bond motifs is 1. The molecule has 1 amide bonds. The lowest BCUT2D eigenvalue weighted by Crippen LogP contribution is -2.45. The first-order valence-electron chi connectivity index (χ1n) is 3.64. The minimum atomic E-state index is 0.0738. The summed E-state index contributed by atoms with van der Waals surface area (Å²) in [6, 6.07) is 0. The van der Waals surface area contributed by atoms with Crippen LogP contribution in [0.2, 0.25) is 0 Å². The summed E-state index contributed by atoms with van der Waals surface area (Å²) in [7, 11) is 1.79. The van der Waals surface area contributed by atoms with Gasteiger partial charge in [-0.15, -0.1) is 0 Å². The smallest absolute Gasteiger partial charge is 0.253 e. The van der Waals surface area contributed by atoms with Crippen molar-refractivity contribution in [3.05, 3.63) is 23.7 Å². The van der Waals surface area contributed by atoms with Gasteiger partial charge >= 0.3 is 0 Å². The first kappa shape index (κ1) is 6.46. The van der Waals surface area contributed by atoms with Crippen LogP contribution in [-0.2, 0) is 4.79 Å². The molecule has 0 aromatic heterocycles. The highest BCUT2D eigenvalue weighted by molar-refractivity contribution is 5.90. The number of rotatable bonds is 0. The van der Waals surface area contributed by atoms with Crippen LogP contribution in [0.5, 0.6) is 0 Å². The highest BCUT2D eigenvalue weighted by Gasteiger charge is 2.29. The Bertz CT molecular complexity index is 278. The van der Waals surface area contributed by atoms with Crippen LogP contribution in [0.4, 0.5) is 0 Å². The molecule has 0 aliphatic carbocycles. The molecule has 0 saturated carbocycles. The van der Waals surface area contributed by atoms with Gasteiger partial charge in [0.05, 0.1) is 0 Å². The van der Waals surface area contributed by atoms with Crippen LogP contribution in [0.15, 0.2) is 23.7 Å². The Morgan fingerprint density at radius 3 is 2.82 bits per heavy atom. The fraction of sp³-hybridized carbons (Fsp3) is 0.375. The maximum absolute atomic E-state index is 11.2. The second-order valence-corrected chi connectivity index (χ2v) is 2.86. The predicted octanol–water partition coefficient (Wildman–Crippen LogP) is 0.519. The third-order valence-electron chi connectivity index (χ3n) is 2.17. The molecule has 0 aromatic carbocycles. The van der Waals surface area contributed by atoms with Crippen molar-refractivity contribution in [2.45, 2.75) is 6.92 Å². The normalized spacial score (nSPS) is 22.2. The van der Waals surface area contributed by atoms with Gasteiger partial charge in [-0.2, -0.15) is 0 Å². The molecule has 2 rings (SSSR count). The zero-order valence-corrected chi connectivity index (χ0v) is 6.66. The first-order chi connectivity index (χ1) is 5.20. The van der Waals surface area contributed by atoms with E-state index >= 15 is 0 Å². The fourth-order valence-electron chi connectivity index (χ4n) is 1.37. The third kappa shape index (κ3) is 0.707. The lowest BCUT2D eigenvalue weighted by atomic mass is 10.2. The Kier molecular flexibility index (Phi) is 1.10. The van der Waals surface area contributed by atoms with Crippen molar-refractivity contribution >= 4 is 5.91 Å². The molecule has 0 fully saturated rings. The van der Waals surface area contributed by atoms with E-state index in [0.29, 0.717) is 0 Å². The molecule has 58 valence electrons. The van der Waals surface area contributed by atoms with E-state index in [-0.39, 0.29) is 5.91 Å². The van der Waals surface area contributed by atoms with Gasteiger partial charge in [0.1, 0.15) is 5.82 Å². The van der Waals surface area contributed by atoms with Gasteiger partial charge in [-0.05, 0) is 13.0 Å². The van der Waals surface area contributed by atoms with Gasteiger partial charge < -0.3 is 4.90 Å². The molecular weight excluding hydrogens is 140 g/mol. The van der Waals surface area contributed by atoms with Crippen LogP contribution in [0.1, 0.15) is 6.92 Å². The molecule has 0 radical (unpaired) electrons. The Hall–Kier alpha value is -1.25. The summed E-state index contributed by atoms with van der Waals surface area (Å²) in [6.07, 6.45) is 3.71. The van der Waals surface area contributed by atoms with Gasteiger partial charge in [0.2, 0.25) is 0 Å². The Morgan fingerprint density at radius 1 is 1.55 bits per heavy atom. The molecule has 0 spiro atoms. The molecule has 11 heavy (non-hydrogen) atoms. The Balaban J connectivity index is 2.40. The van der Waals surface area contributed by atoms with Gasteiger partial charge in [-0.3, -0.25) is 9.69 Å². The lowest BCUT2D eigenvalue weighted by Gasteiger charge is -2.41. The number of likely N-dealkylation sites (N-methyl/N-ethyl adjacent to an activating group) is 1. The molecule has 3 heteroatoms. The third-order valence-corrected chi connectivity index (χ3v) is 2.17. The van der Waals surface area contributed by atoms with Crippen molar-refractivity contribution in [1.82, 2.24) is 9.80 Å². The highest BCUT2D eigenvalue weighted by Crippen LogP contribution is 2.27. The number of allylic oxidation sites excluding steroid dienone is 1. The summed E-state index contributed by atoms with van der Waals surface area (Å²) < 4.78 is 0. The summed E-state index contributed by atoms with van der Waals surface area (Å²) in [6.45, 7) is 2.90. The molecule has 0 unspecified atom stereocenters. The average Bonchev–Trinajstić information content (AvgIpc) is 1.81. The number of nitrogens with zero attached hydrogens (tertiary/aromatic N) is 2. The number of hydrogen-bond acceptors (Lipinski definition) is 2. The quantitative estimate of drug-likeness (QED) is 0.502. The minimum absolute atomic E-state index is 0.0738. The van der Waals surface area contributed by atoms with Crippen molar-refractivity contribution in [3.63, 3.8) is 0 Å². The molecular formula is C8H10N2O. The van der Waals surface area contributed by atoms with E-state index < -0.39 is 0 Å². The summed E-state index contributed by atoms with van der Waals surface area (Å²) in [5, 5.41) is 0. The predicted molar refractivity (Wildman–Crippen MR) is 41.3 cm³/mol. The standard InChI is InChI=1S/C8H10N2O/c1-6-5-8(11)9(2)7-3-4-10(6)7/h3,5H,4H2,1-2H3. The molecule has 2 aliphatic rings. The van der Waals surface area contributed by atoms with E-state index in [1.807, 2.05) is 6.92 Å². The average molecular weight is 150 g/mol. The van der Waals surface area contributed by atoms with Crippen LogP contribution in [0.3, 0.4) is 0 Å². The van der Waals surface area contributed by atoms with E-state index in [9.17, 15) is 4.79 Å². The molecule has 2 heterocycles. The first-order valence-corrected chi connectivity index (χ1v) is 3.64. The van der Waals surface area contributed by atoms with Crippen LogP contribution < -0.4 is 0 Å². The van der Waals surface area contributed by atoms with E-state index in [0.717, 1.165) is 18.1 Å². The number of amides is 1. The molecule has 2 aliphatic heterocycles. The van der Waals surface area contributed by atoms with Gasteiger partial charge in [-0.25, -0.2) is 0 Å². The largest absolute Gasteiger partial charge is 0.328 e.